The summed E-state index contributed by atoms with van der Waals surface area (Å²) in [4.78, 5) is 24.1. The van der Waals surface area contributed by atoms with Crippen LogP contribution in [0.5, 0.6) is 5.75 Å². The summed E-state index contributed by atoms with van der Waals surface area (Å²) in [5, 5.41) is 0.640. The van der Waals surface area contributed by atoms with E-state index in [0.29, 0.717) is 29.4 Å². The number of carbonyl (C=O) groups excluding carboxylic acids is 1. The predicted octanol–water partition coefficient (Wildman–Crippen LogP) is 6.80. The number of imidazole rings is 1. The summed E-state index contributed by atoms with van der Waals surface area (Å²) in [5.74, 6) is -0.324. The number of H-pyrrole nitrogens is 1. The Hall–Kier alpha value is -3.38. The van der Waals surface area contributed by atoms with E-state index in [2.05, 4.69) is 4.98 Å². The molecular formula is C28H27ClFN3O2. The lowest BCUT2D eigenvalue weighted by Crippen LogP contribution is -2.44. The van der Waals surface area contributed by atoms with Gasteiger partial charge in [-0.15, -0.1) is 0 Å². The van der Waals surface area contributed by atoms with E-state index in [1.807, 2.05) is 57.2 Å². The van der Waals surface area contributed by atoms with Crippen molar-refractivity contribution in [1.29, 1.82) is 0 Å². The predicted molar refractivity (Wildman–Crippen MR) is 137 cm³/mol. The number of aryl methyl sites for hydroxylation is 2. The summed E-state index contributed by atoms with van der Waals surface area (Å²) in [5.41, 5.74) is 4.15. The van der Waals surface area contributed by atoms with Crippen molar-refractivity contribution in [2.24, 2.45) is 0 Å². The van der Waals surface area contributed by atoms with Gasteiger partial charge >= 0.3 is 0 Å². The Morgan fingerprint density at radius 1 is 1.20 bits per heavy atom. The van der Waals surface area contributed by atoms with E-state index in [1.54, 1.807) is 17.0 Å². The van der Waals surface area contributed by atoms with Crippen LogP contribution in [0.1, 0.15) is 47.1 Å². The van der Waals surface area contributed by atoms with Crippen molar-refractivity contribution in [3.63, 3.8) is 0 Å². The van der Waals surface area contributed by atoms with Crippen LogP contribution in [0.3, 0.4) is 0 Å². The molecule has 3 aromatic carbocycles. The number of nitrogens with zero attached hydrogens (tertiary/aromatic N) is 2. The van der Waals surface area contributed by atoms with Crippen LogP contribution >= 0.6 is 11.6 Å². The summed E-state index contributed by atoms with van der Waals surface area (Å²) < 4.78 is 21.0. The van der Waals surface area contributed by atoms with E-state index in [1.165, 1.54) is 7.11 Å². The van der Waals surface area contributed by atoms with E-state index < -0.39 is 11.4 Å². The highest BCUT2D eigenvalue weighted by Crippen LogP contribution is 2.42. The van der Waals surface area contributed by atoms with Gasteiger partial charge < -0.3 is 14.6 Å². The average molecular weight is 492 g/mol. The molecule has 0 radical (unpaired) electrons. The Kier molecular flexibility index (Phi) is 5.80. The highest BCUT2D eigenvalue weighted by atomic mass is 35.5. The van der Waals surface area contributed by atoms with Crippen LogP contribution in [0.2, 0.25) is 5.02 Å². The smallest absolute Gasteiger partial charge is 0.258 e. The number of carbonyl (C=O) groups is 1. The van der Waals surface area contributed by atoms with Gasteiger partial charge in [-0.1, -0.05) is 41.4 Å². The number of halogens is 2. The van der Waals surface area contributed by atoms with Gasteiger partial charge in [-0.25, -0.2) is 9.37 Å². The van der Waals surface area contributed by atoms with Crippen LogP contribution in [0, 0.1) is 19.7 Å². The molecule has 1 aliphatic rings. The number of amides is 1. The lowest BCUT2D eigenvalue weighted by atomic mass is 9.93. The molecule has 0 spiro atoms. The van der Waals surface area contributed by atoms with Crippen LogP contribution in [0.4, 0.5) is 4.39 Å². The van der Waals surface area contributed by atoms with Crippen molar-refractivity contribution >= 4 is 28.5 Å². The second-order valence-corrected chi connectivity index (χ2v) is 9.77. The monoisotopic (exact) mass is 491 g/mol. The second-order valence-electron chi connectivity index (χ2n) is 9.36. The summed E-state index contributed by atoms with van der Waals surface area (Å²) in [6.07, 6.45) is 1.49. The molecule has 0 bridgehead atoms. The fourth-order valence-electron chi connectivity index (χ4n) is 5.09. The number of methoxy groups -OCH3 is 1. The third-order valence-corrected chi connectivity index (χ3v) is 7.52. The Labute approximate surface area is 208 Å². The minimum atomic E-state index is -0.728. The van der Waals surface area contributed by atoms with Crippen LogP contribution < -0.4 is 4.74 Å². The standard InChI is InChI=1S/C28H27ClFN3O2/c1-16-7-5-8-18(15-16)19-9-12-22(35-4)24(30)23(19)26(34)33-14-6-13-28(33,3)27-31-21-11-10-20(29)17(2)25(21)32-27/h5,7-12,15H,6,13-14H2,1-4H3,(H,31,32). The van der Waals surface area contributed by atoms with Gasteiger partial charge in [0.05, 0.1) is 29.2 Å². The van der Waals surface area contributed by atoms with Crippen molar-refractivity contribution in [2.45, 2.75) is 39.2 Å². The van der Waals surface area contributed by atoms with Crippen molar-refractivity contribution in [3.05, 3.63) is 81.9 Å². The Bertz CT molecular complexity index is 1460. The molecule has 7 heteroatoms. The molecule has 0 aliphatic carbocycles. The molecule has 180 valence electrons. The first-order valence-corrected chi connectivity index (χ1v) is 12.0. The van der Waals surface area contributed by atoms with Gasteiger partial charge in [-0.3, -0.25) is 4.79 Å². The Morgan fingerprint density at radius 3 is 2.74 bits per heavy atom. The molecular weight excluding hydrogens is 465 g/mol. The van der Waals surface area contributed by atoms with Gasteiger partial charge in [-0.2, -0.15) is 0 Å². The number of ether oxygens (including phenoxy) is 1. The number of nitrogens with one attached hydrogen (secondary N) is 1. The third kappa shape index (κ3) is 3.76. The number of aromatic nitrogens is 2. The Balaban J connectivity index is 1.64. The zero-order chi connectivity index (χ0) is 24.9. The van der Waals surface area contributed by atoms with Crippen molar-refractivity contribution in [3.8, 4) is 16.9 Å². The van der Waals surface area contributed by atoms with E-state index in [-0.39, 0.29) is 17.2 Å². The number of hydrogen-bond acceptors (Lipinski definition) is 3. The first-order chi connectivity index (χ1) is 16.7. The molecule has 1 amide bonds. The molecule has 0 saturated carbocycles. The maximum atomic E-state index is 15.7. The molecule has 4 aromatic rings. The van der Waals surface area contributed by atoms with Gasteiger partial charge in [0.25, 0.3) is 5.91 Å². The van der Waals surface area contributed by atoms with E-state index in [9.17, 15) is 4.79 Å². The van der Waals surface area contributed by atoms with Gasteiger partial charge in [0, 0.05) is 11.6 Å². The molecule has 1 unspecified atom stereocenters. The minimum absolute atomic E-state index is 0.0124. The Morgan fingerprint density at radius 2 is 2.00 bits per heavy atom. The van der Waals surface area contributed by atoms with Gasteiger partial charge in [-0.05, 0) is 74.6 Å². The number of hydrogen-bond donors (Lipinski definition) is 1. The zero-order valence-electron chi connectivity index (χ0n) is 20.2. The summed E-state index contributed by atoms with van der Waals surface area (Å²) in [7, 11) is 1.40. The SMILES string of the molecule is COc1ccc(-c2cccc(C)c2)c(C(=O)N2CCCC2(C)c2nc3c(C)c(Cl)ccc3[nH]2)c1F. The molecule has 1 aliphatic heterocycles. The maximum Gasteiger partial charge on any atom is 0.258 e. The summed E-state index contributed by atoms with van der Waals surface area (Å²) >= 11 is 6.31. The normalized spacial score (nSPS) is 17.8. The minimum Gasteiger partial charge on any atom is -0.494 e. The number of fused-ring (bicyclic) bond motifs is 1. The first-order valence-electron chi connectivity index (χ1n) is 11.7. The molecule has 1 aromatic heterocycles. The van der Waals surface area contributed by atoms with Crippen LogP contribution in [-0.4, -0.2) is 34.4 Å². The van der Waals surface area contributed by atoms with Crippen molar-refractivity contribution in [2.75, 3.05) is 13.7 Å². The zero-order valence-corrected chi connectivity index (χ0v) is 21.0. The van der Waals surface area contributed by atoms with Gasteiger partial charge in [0.2, 0.25) is 0 Å². The van der Waals surface area contributed by atoms with E-state index in [0.717, 1.165) is 34.1 Å². The summed E-state index contributed by atoms with van der Waals surface area (Å²) in [6, 6.07) is 14.8. The van der Waals surface area contributed by atoms with Crippen LogP contribution in [-0.2, 0) is 5.54 Å². The van der Waals surface area contributed by atoms with Crippen molar-refractivity contribution < 1.29 is 13.9 Å². The molecule has 5 rings (SSSR count). The topological polar surface area (TPSA) is 58.2 Å². The quantitative estimate of drug-likeness (QED) is 0.341. The van der Waals surface area contributed by atoms with Gasteiger partial charge in [0.1, 0.15) is 5.82 Å². The van der Waals surface area contributed by atoms with E-state index in [4.69, 9.17) is 21.3 Å². The second kappa shape index (κ2) is 8.68. The first kappa shape index (κ1) is 23.4. The third-order valence-electron chi connectivity index (χ3n) is 7.11. The molecule has 1 atom stereocenters. The lowest BCUT2D eigenvalue weighted by molar-refractivity contribution is 0.0601. The number of rotatable bonds is 4. The lowest BCUT2D eigenvalue weighted by Gasteiger charge is -2.34. The highest BCUT2D eigenvalue weighted by molar-refractivity contribution is 6.32. The largest absolute Gasteiger partial charge is 0.494 e. The fourth-order valence-corrected chi connectivity index (χ4v) is 5.24. The molecule has 1 N–H and O–H groups in total. The molecule has 5 nitrogen and oxygen atoms in total. The number of benzene rings is 3. The maximum absolute atomic E-state index is 15.7. The van der Waals surface area contributed by atoms with Gasteiger partial charge in [0.15, 0.2) is 11.6 Å². The highest BCUT2D eigenvalue weighted by Gasteiger charge is 2.45. The number of aromatic amines is 1. The molecule has 35 heavy (non-hydrogen) atoms. The fraction of sp³-hybridized carbons (Fsp3) is 0.286. The van der Waals surface area contributed by atoms with Crippen LogP contribution in [0.15, 0.2) is 48.5 Å². The average Bonchev–Trinajstić information content (AvgIpc) is 3.46. The molecule has 1 saturated heterocycles. The van der Waals surface area contributed by atoms with Crippen molar-refractivity contribution in [1.82, 2.24) is 14.9 Å². The van der Waals surface area contributed by atoms with Crippen LogP contribution in [0.25, 0.3) is 22.2 Å². The molecule has 2 heterocycles. The van der Waals surface area contributed by atoms with E-state index >= 15 is 4.39 Å². The molecule has 1 fully saturated rings. The summed E-state index contributed by atoms with van der Waals surface area (Å²) in [6.45, 7) is 6.38. The number of likely N-dealkylation sites (tertiary alicyclic amines) is 1.